The van der Waals surface area contributed by atoms with E-state index in [1.807, 2.05) is 0 Å². The van der Waals surface area contributed by atoms with Crippen LogP contribution in [0.2, 0.25) is 0 Å². The fourth-order valence-corrected chi connectivity index (χ4v) is 2.96. The number of aliphatic hydroxyl groups excluding tert-OH is 1. The largest absolute Gasteiger partial charge is 0.396 e. The number of hydrogen-bond donors (Lipinski definition) is 1. The molecule has 0 aromatic rings. The predicted octanol–water partition coefficient (Wildman–Crippen LogP) is 2.37. The first-order chi connectivity index (χ1) is 7.43. The smallest absolute Gasteiger partial charge is 0.0431 e. The summed E-state index contributed by atoms with van der Waals surface area (Å²) < 4.78 is 0. The Balaban J connectivity index is 1.79. The highest BCUT2D eigenvalue weighted by Gasteiger charge is 2.08. The molecule has 0 amide bonds. The van der Waals surface area contributed by atoms with Gasteiger partial charge >= 0.3 is 0 Å². The van der Waals surface area contributed by atoms with Crippen LogP contribution in [0.5, 0.6) is 0 Å². The average molecular weight is 231 g/mol. The Hall–Kier alpha value is 0.270. The molecule has 2 nitrogen and oxygen atoms in total. The zero-order valence-corrected chi connectivity index (χ0v) is 10.6. The Bertz CT molecular complexity index is 138. The van der Waals surface area contributed by atoms with E-state index < -0.39 is 0 Å². The molecule has 1 N–H and O–H groups in total. The Morgan fingerprint density at radius 2 is 1.47 bits per heavy atom. The van der Waals surface area contributed by atoms with Gasteiger partial charge in [-0.3, -0.25) is 0 Å². The summed E-state index contributed by atoms with van der Waals surface area (Å²) in [6.45, 7) is 4.27. The fraction of sp³-hybridized carbons (Fsp3) is 1.00. The van der Waals surface area contributed by atoms with Crippen LogP contribution in [0.3, 0.4) is 0 Å². The van der Waals surface area contributed by atoms with Crippen molar-refractivity contribution < 1.29 is 5.11 Å². The van der Waals surface area contributed by atoms with Gasteiger partial charge in [0.25, 0.3) is 0 Å². The summed E-state index contributed by atoms with van der Waals surface area (Å²) in [6.07, 6.45) is 7.58. The summed E-state index contributed by atoms with van der Waals surface area (Å²) in [4.78, 5) is 2.60. The molecule has 0 saturated carbocycles. The third-order valence-electron chi connectivity index (χ3n) is 2.99. The summed E-state index contributed by atoms with van der Waals surface area (Å²) in [6, 6.07) is 0. The Morgan fingerprint density at radius 1 is 0.867 bits per heavy atom. The van der Waals surface area contributed by atoms with E-state index in [1.54, 1.807) is 0 Å². The van der Waals surface area contributed by atoms with Crippen LogP contribution in [0.1, 0.15) is 38.5 Å². The van der Waals surface area contributed by atoms with Crippen molar-refractivity contribution in [3.8, 4) is 0 Å². The molecule has 90 valence electrons. The van der Waals surface area contributed by atoms with Crippen LogP contribution in [-0.4, -0.2) is 47.8 Å². The molecule has 0 aromatic heterocycles. The highest BCUT2D eigenvalue weighted by atomic mass is 32.2. The molecule has 3 heteroatoms. The van der Waals surface area contributed by atoms with Crippen LogP contribution in [0.4, 0.5) is 0 Å². The monoisotopic (exact) mass is 231 g/mol. The number of thioether (sulfide) groups is 1. The minimum Gasteiger partial charge on any atom is -0.396 e. The molecule has 1 rings (SSSR count). The maximum Gasteiger partial charge on any atom is 0.0431 e. The third-order valence-corrected chi connectivity index (χ3v) is 3.93. The van der Waals surface area contributed by atoms with Gasteiger partial charge in [-0.1, -0.05) is 25.7 Å². The Kier molecular flexibility index (Phi) is 8.44. The zero-order chi connectivity index (χ0) is 10.8. The van der Waals surface area contributed by atoms with Crippen molar-refractivity contribution >= 4 is 11.8 Å². The quantitative estimate of drug-likeness (QED) is 0.649. The average Bonchev–Trinajstić information content (AvgIpc) is 2.29. The number of unbranched alkanes of at least 4 members (excludes halogenated alkanes) is 5. The van der Waals surface area contributed by atoms with Crippen molar-refractivity contribution in [1.82, 2.24) is 4.90 Å². The van der Waals surface area contributed by atoms with Gasteiger partial charge in [-0.25, -0.2) is 0 Å². The Labute approximate surface area is 98.4 Å². The molecule has 1 fully saturated rings. The number of aliphatic hydroxyl groups is 1. The van der Waals surface area contributed by atoms with Crippen molar-refractivity contribution in [3.05, 3.63) is 0 Å². The second-order valence-electron chi connectivity index (χ2n) is 4.30. The maximum atomic E-state index is 8.63. The molecular formula is C12H25NOS. The van der Waals surface area contributed by atoms with Crippen molar-refractivity contribution in [1.29, 1.82) is 0 Å². The molecule has 0 atom stereocenters. The van der Waals surface area contributed by atoms with E-state index in [-0.39, 0.29) is 0 Å². The molecule has 15 heavy (non-hydrogen) atoms. The molecule has 0 aromatic carbocycles. The standard InChI is InChI=1S/C12H25NOS/c14-10-6-4-2-1-3-5-7-13-8-11-15-12-9-13/h14H,1-12H2. The van der Waals surface area contributed by atoms with Gasteiger partial charge in [0.2, 0.25) is 0 Å². The first kappa shape index (κ1) is 13.3. The zero-order valence-electron chi connectivity index (χ0n) is 9.79. The molecule has 0 spiro atoms. The van der Waals surface area contributed by atoms with E-state index in [0.29, 0.717) is 6.61 Å². The van der Waals surface area contributed by atoms with Crippen molar-refractivity contribution in [2.24, 2.45) is 0 Å². The maximum absolute atomic E-state index is 8.63. The van der Waals surface area contributed by atoms with E-state index in [2.05, 4.69) is 16.7 Å². The minimum absolute atomic E-state index is 0.367. The van der Waals surface area contributed by atoms with E-state index in [9.17, 15) is 0 Å². The van der Waals surface area contributed by atoms with Crippen LogP contribution >= 0.6 is 11.8 Å². The summed E-state index contributed by atoms with van der Waals surface area (Å²) in [5, 5.41) is 8.63. The SMILES string of the molecule is OCCCCCCCCN1CCSCC1. The van der Waals surface area contributed by atoms with Gasteiger partial charge in [0, 0.05) is 31.2 Å². The highest BCUT2D eigenvalue weighted by molar-refractivity contribution is 7.99. The lowest BCUT2D eigenvalue weighted by Crippen LogP contribution is -2.33. The first-order valence-electron chi connectivity index (χ1n) is 6.34. The molecule has 0 aliphatic carbocycles. The van der Waals surface area contributed by atoms with Crippen LogP contribution < -0.4 is 0 Å². The van der Waals surface area contributed by atoms with Gasteiger partial charge in [-0.05, 0) is 19.4 Å². The van der Waals surface area contributed by atoms with Gasteiger partial charge in [0.1, 0.15) is 0 Å². The summed E-state index contributed by atoms with van der Waals surface area (Å²) >= 11 is 2.09. The number of hydrogen-bond acceptors (Lipinski definition) is 3. The van der Waals surface area contributed by atoms with Gasteiger partial charge in [0.15, 0.2) is 0 Å². The van der Waals surface area contributed by atoms with E-state index in [1.165, 1.54) is 63.2 Å². The van der Waals surface area contributed by atoms with E-state index in [0.717, 1.165) is 6.42 Å². The topological polar surface area (TPSA) is 23.5 Å². The molecule has 0 radical (unpaired) electrons. The molecule has 1 heterocycles. The first-order valence-corrected chi connectivity index (χ1v) is 7.50. The molecular weight excluding hydrogens is 206 g/mol. The lowest BCUT2D eigenvalue weighted by molar-refractivity contribution is 0.280. The van der Waals surface area contributed by atoms with Gasteiger partial charge < -0.3 is 10.0 Å². The van der Waals surface area contributed by atoms with E-state index in [4.69, 9.17) is 5.11 Å². The van der Waals surface area contributed by atoms with Crippen LogP contribution in [-0.2, 0) is 0 Å². The summed E-state index contributed by atoms with van der Waals surface area (Å²) in [5.74, 6) is 2.66. The molecule has 1 saturated heterocycles. The van der Waals surface area contributed by atoms with Gasteiger partial charge in [-0.15, -0.1) is 0 Å². The fourth-order valence-electron chi connectivity index (χ4n) is 1.98. The van der Waals surface area contributed by atoms with Crippen LogP contribution in [0, 0.1) is 0 Å². The molecule has 1 aliphatic rings. The minimum atomic E-state index is 0.367. The summed E-state index contributed by atoms with van der Waals surface area (Å²) in [7, 11) is 0. The lowest BCUT2D eigenvalue weighted by atomic mass is 10.1. The van der Waals surface area contributed by atoms with Crippen molar-refractivity contribution in [3.63, 3.8) is 0 Å². The number of rotatable bonds is 8. The third kappa shape index (κ3) is 7.20. The Morgan fingerprint density at radius 3 is 2.13 bits per heavy atom. The van der Waals surface area contributed by atoms with Crippen LogP contribution in [0.25, 0.3) is 0 Å². The van der Waals surface area contributed by atoms with E-state index >= 15 is 0 Å². The van der Waals surface area contributed by atoms with Gasteiger partial charge in [-0.2, -0.15) is 11.8 Å². The highest BCUT2D eigenvalue weighted by Crippen LogP contribution is 2.11. The second kappa shape index (κ2) is 9.49. The number of nitrogens with zero attached hydrogens (tertiary/aromatic N) is 1. The van der Waals surface area contributed by atoms with Crippen LogP contribution in [0.15, 0.2) is 0 Å². The molecule has 0 unspecified atom stereocenters. The second-order valence-corrected chi connectivity index (χ2v) is 5.52. The molecule has 1 aliphatic heterocycles. The predicted molar refractivity (Wildman–Crippen MR) is 68.6 cm³/mol. The molecule has 0 bridgehead atoms. The van der Waals surface area contributed by atoms with Crippen molar-refractivity contribution in [2.75, 3.05) is 37.7 Å². The van der Waals surface area contributed by atoms with Gasteiger partial charge in [0.05, 0.1) is 0 Å². The van der Waals surface area contributed by atoms with Crippen molar-refractivity contribution in [2.45, 2.75) is 38.5 Å². The lowest BCUT2D eigenvalue weighted by Gasteiger charge is -2.25. The normalized spacial score (nSPS) is 18.2. The summed E-state index contributed by atoms with van der Waals surface area (Å²) in [5.41, 5.74) is 0.